The minimum absolute atomic E-state index is 0.115. The number of carboxylic acid groups (broad SMARTS) is 1. The summed E-state index contributed by atoms with van der Waals surface area (Å²) in [5.41, 5.74) is -2.98. The fraction of sp³-hybridized carbons (Fsp3) is 0.967. The first-order chi connectivity index (χ1) is 37.7. The van der Waals surface area contributed by atoms with Crippen LogP contribution in [0.3, 0.4) is 0 Å². The molecule has 19 nitrogen and oxygen atoms in total. The van der Waals surface area contributed by atoms with E-state index in [0.717, 1.165) is 77.0 Å². The number of rotatable bonds is 20. The van der Waals surface area contributed by atoms with Gasteiger partial charge in [-0.05, 0) is 151 Å². The van der Waals surface area contributed by atoms with E-state index in [1.165, 1.54) is 0 Å². The van der Waals surface area contributed by atoms with Crippen LogP contribution in [-0.4, -0.2) is 135 Å². The van der Waals surface area contributed by atoms with Gasteiger partial charge >= 0.3 is 11.9 Å². The summed E-state index contributed by atoms with van der Waals surface area (Å²) in [4.78, 5) is 62.5. The molecule has 0 aromatic rings. The fourth-order valence-electron chi connectivity index (χ4n) is 18.2. The van der Waals surface area contributed by atoms with Crippen molar-refractivity contribution >= 4 is 11.9 Å². The zero-order valence-corrected chi connectivity index (χ0v) is 48.7. The quantitative estimate of drug-likeness (QED) is 0.0685. The van der Waals surface area contributed by atoms with Gasteiger partial charge in [-0.15, -0.1) is 0 Å². The van der Waals surface area contributed by atoms with Crippen molar-refractivity contribution in [2.75, 3.05) is 46.2 Å². The Morgan fingerprint density at radius 3 is 1.13 bits per heavy atom. The molecular weight excluding hydrogens is 1020 g/mol. The molecule has 3 spiro atoms. The van der Waals surface area contributed by atoms with Gasteiger partial charge in [0.25, 0.3) is 0 Å². The standard InChI is InChI=1S/C60H94O19/c1-34-10-13-43-37(4)46(68-51-58(43)40(34)18-24-54(7,71-51)74-77-58)21-27-64-30-57(33-67-50(63)17-16-49(61)62,31-65-28-22-47-38(5)44-14-11-35(2)41-19-25-55(8)72-52(69-47)59(41,44)78-75-55)32-66-29-23-48-39(6)45-15-12-36(3)42-20-26-56(9)73-53(70-48)60(42,45)79-76-56/h34-48,51-53H,10-33H2,1-9H3,(H,61,62)/t34-,35-,36-,37-,38-,39-,40+,41+,42+,43+,44+,45+,46?,47?,48?,51-,52-,53-,54+,55+,56+,57?,58-,59-,60-/m1/s1. The van der Waals surface area contributed by atoms with E-state index in [1.807, 2.05) is 20.8 Å². The molecule has 3 unspecified atom stereocenters. The summed E-state index contributed by atoms with van der Waals surface area (Å²) in [5, 5.41) is 9.48. The predicted molar refractivity (Wildman–Crippen MR) is 277 cm³/mol. The van der Waals surface area contributed by atoms with E-state index in [4.69, 9.17) is 76.7 Å². The predicted octanol–water partition coefficient (Wildman–Crippen LogP) is 9.35. The van der Waals surface area contributed by atoms with Crippen molar-refractivity contribution in [2.45, 2.75) is 243 Å². The maximum Gasteiger partial charge on any atom is 0.306 e. The number of hydrogen-bond donors (Lipinski definition) is 1. The van der Waals surface area contributed by atoms with E-state index in [-0.39, 0.29) is 111 Å². The second-order valence-electron chi connectivity index (χ2n) is 27.9. The summed E-state index contributed by atoms with van der Waals surface area (Å²) in [7, 11) is 0. The van der Waals surface area contributed by atoms with Gasteiger partial charge in [0.15, 0.2) is 35.7 Å². The number of carbonyl (C=O) groups is 2. The molecule has 3 aliphatic carbocycles. The minimum Gasteiger partial charge on any atom is -0.481 e. The molecule has 448 valence electrons. The van der Waals surface area contributed by atoms with Crippen LogP contribution in [0, 0.1) is 76.4 Å². The second-order valence-corrected chi connectivity index (χ2v) is 27.9. The highest BCUT2D eigenvalue weighted by molar-refractivity contribution is 5.76. The van der Waals surface area contributed by atoms with E-state index in [0.29, 0.717) is 56.8 Å². The maximum absolute atomic E-state index is 13.3. The molecule has 19 heteroatoms. The largest absolute Gasteiger partial charge is 0.481 e. The lowest BCUT2D eigenvalue weighted by Gasteiger charge is -2.60. The first-order valence-electron chi connectivity index (χ1n) is 31.0. The molecule has 6 bridgehead atoms. The Morgan fingerprint density at radius 2 is 0.797 bits per heavy atom. The Bertz CT molecular complexity index is 1980. The van der Waals surface area contributed by atoms with Crippen molar-refractivity contribution in [1.82, 2.24) is 0 Å². The summed E-state index contributed by atoms with van der Waals surface area (Å²) >= 11 is 0. The van der Waals surface area contributed by atoms with Crippen LogP contribution >= 0.6 is 0 Å². The first-order valence-corrected chi connectivity index (χ1v) is 31.0. The van der Waals surface area contributed by atoms with E-state index >= 15 is 0 Å². The van der Waals surface area contributed by atoms with Crippen molar-refractivity contribution < 1.29 is 91.4 Å². The van der Waals surface area contributed by atoms with Crippen LogP contribution in [0.5, 0.6) is 0 Å². The SMILES string of the molecule is C[C@@H]1CC[C@H]2[C@@H](C)C(CCOCC(COCCC3O[C@@H]4O[C@]5(C)CC[C@H]6[C@H](C)CC[C@@H]([C@H]3C)[C@@]46OO5)(COCCC3O[C@@H]4O[C@]5(C)CC[C@H]6[C@H](C)CC[C@@H]([C@H]3C)[C@@]46OO5)COC(=O)CCC(=O)O)O[C@@H]3O[C@]4(C)CC[C@@H]1[C@]32OO4. The van der Waals surface area contributed by atoms with Crippen LogP contribution in [0.2, 0.25) is 0 Å². The Hall–Kier alpha value is -1.66. The van der Waals surface area contributed by atoms with Crippen LogP contribution in [-0.2, 0) is 86.3 Å². The van der Waals surface area contributed by atoms with Crippen molar-refractivity contribution in [2.24, 2.45) is 76.4 Å². The molecule has 15 aliphatic rings. The number of fused-ring (bicyclic) bond motifs is 6. The zero-order chi connectivity index (χ0) is 55.3. The van der Waals surface area contributed by atoms with Crippen LogP contribution in [0.25, 0.3) is 0 Å². The number of ether oxygens (including phenoxy) is 10. The van der Waals surface area contributed by atoms with Crippen LogP contribution in [0.4, 0.5) is 0 Å². The van der Waals surface area contributed by atoms with Gasteiger partial charge in [0, 0.05) is 56.8 Å². The average Bonchev–Trinajstić information content (AvgIpc) is 3.28. The third-order valence-electron chi connectivity index (χ3n) is 22.8. The Labute approximate surface area is 467 Å². The van der Waals surface area contributed by atoms with Gasteiger partial charge in [0.05, 0.1) is 56.4 Å². The van der Waals surface area contributed by atoms with Crippen LogP contribution in [0.15, 0.2) is 0 Å². The van der Waals surface area contributed by atoms with E-state index in [2.05, 4.69) is 41.5 Å². The highest BCUT2D eigenvalue weighted by Gasteiger charge is 2.72. The molecule has 12 saturated heterocycles. The Kier molecular flexibility index (Phi) is 16.1. The van der Waals surface area contributed by atoms with Gasteiger partial charge in [-0.3, -0.25) is 9.59 Å². The first kappa shape index (κ1) is 57.8. The highest BCUT2D eigenvalue weighted by atomic mass is 17.3. The molecule has 0 aromatic carbocycles. The van der Waals surface area contributed by atoms with Crippen molar-refractivity contribution in [3.8, 4) is 0 Å². The Morgan fingerprint density at radius 1 is 0.456 bits per heavy atom. The maximum atomic E-state index is 13.3. The molecule has 79 heavy (non-hydrogen) atoms. The molecule has 15 rings (SSSR count). The molecule has 0 radical (unpaired) electrons. The number of carbonyl (C=O) groups excluding carboxylic acids is 1. The van der Waals surface area contributed by atoms with Crippen molar-refractivity contribution in [3.05, 3.63) is 0 Å². The molecule has 15 fully saturated rings. The van der Waals surface area contributed by atoms with Gasteiger partial charge in [-0.1, -0.05) is 41.5 Å². The number of hydrogen-bond acceptors (Lipinski definition) is 18. The monoisotopic (exact) mass is 1120 g/mol. The molecule has 1 N–H and O–H groups in total. The molecule has 3 saturated carbocycles. The molecule has 0 aromatic heterocycles. The number of aliphatic carboxylic acids is 1. The lowest BCUT2D eigenvalue weighted by atomic mass is 9.57. The zero-order valence-electron chi connectivity index (χ0n) is 48.7. The number of esters is 1. The third-order valence-corrected chi connectivity index (χ3v) is 22.8. The summed E-state index contributed by atoms with van der Waals surface area (Å²) < 4.78 is 67.1. The lowest BCUT2D eigenvalue weighted by Crippen LogP contribution is -2.70. The van der Waals surface area contributed by atoms with Gasteiger partial charge < -0.3 is 52.5 Å². The fourth-order valence-corrected chi connectivity index (χ4v) is 18.2. The molecular formula is C60H94O19. The third kappa shape index (κ3) is 10.1. The molecule has 12 aliphatic heterocycles. The summed E-state index contributed by atoms with van der Waals surface area (Å²) in [5.74, 6) is -1.19. The lowest BCUT2D eigenvalue weighted by molar-refractivity contribution is -0.571. The normalized spacial score (nSPS) is 50.9. The van der Waals surface area contributed by atoms with E-state index < -0.39 is 70.4 Å². The van der Waals surface area contributed by atoms with Crippen LogP contribution in [0.1, 0.15) is 171 Å². The van der Waals surface area contributed by atoms with E-state index in [1.54, 1.807) is 0 Å². The van der Waals surface area contributed by atoms with Gasteiger partial charge in [-0.25, -0.2) is 29.3 Å². The van der Waals surface area contributed by atoms with Gasteiger partial charge in [0.1, 0.15) is 6.61 Å². The molecule has 12 heterocycles. The smallest absolute Gasteiger partial charge is 0.306 e. The molecule has 0 amide bonds. The second kappa shape index (κ2) is 22.0. The highest BCUT2D eigenvalue weighted by Crippen LogP contribution is 2.64. The average molecular weight is 1120 g/mol. The van der Waals surface area contributed by atoms with Gasteiger partial charge in [-0.2, -0.15) is 0 Å². The topological polar surface area (TPSA) is 202 Å². The van der Waals surface area contributed by atoms with E-state index in [9.17, 15) is 14.7 Å². The summed E-state index contributed by atoms with van der Waals surface area (Å²) in [6.07, 6.45) is 10.4. The Balaban J connectivity index is 0.750. The minimum atomic E-state index is -1.07. The number of carboxylic acids is 1. The molecule has 24 atom stereocenters. The van der Waals surface area contributed by atoms with Crippen molar-refractivity contribution in [1.29, 1.82) is 0 Å². The summed E-state index contributed by atoms with van der Waals surface area (Å²) in [6, 6.07) is 0. The summed E-state index contributed by atoms with van der Waals surface area (Å²) in [6.45, 7) is 20.9. The van der Waals surface area contributed by atoms with Crippen LogP contribution < -0.4 is 0 Å². The van der Waals surface area contributed by atoms with Crippen molar-refractivity contribution in [3.63, 3.8) is 0 Å². The van der Waals surface area contributed by atoms with Gasteiger partial charge in [0.2, 0.25) is 17.4 Å².